The van der Waals surface area contributed by atoms with E-state index in [-0.39, 0.29) is 0 Å². The fourth-order valence-corrected chi connectivity index (χ4v) is 2.96. The van der Waals surface area contributed by atoms with Gasteiger partial charge in [0.05, 0.1) is 0 Å². The van der Waals surface area contributed by atoms with Gasteiger partial charge in [-0.25, -0.2) is 0 Å². The molecule has 2 rings (SSSR count). The van der Waals surface area contributed by atoms with Crippen LogP contribution in [0.2, 0.25) is 0 Å². The van der Waals surface area contributed by atoms with E-state index in [9.17, 15) is 0 Å². The SMILES string of the molecule is CCN=C(NC1CN(C(C)C)CC1C)NC1CC1(C)C. The molecule has 1 heterocycles. The lowest BCUT2D eigenvalue weighted by molar-refractivity contribution is 0.265. The van der Waals surface area contributed by atoms with Crippen molar-refractivity contribution in [3.8, 4) is 0 Å². The second-order valence-corrected chi connectivity index (χ2v) is 7.49. The van der Waals surface area contributed by atoms with Gasteiger partial charge in [0.15, 0.2) is 5.96 Å². The van der Waals surface area contributed by atoms with Crippen LogP contribution in [0.25, 0.3) is 0 Å². The summed E-state index contributed by atoms with van der Waals surface area (Å²) in [7, 11) is 0. The Labute approximate surface area is 124 Å². The maximum atomic E-state index is 4.61. The Kier molecular flexibility index (Phi) is 4.62. The first-order chi connectivity index (χ1) is 9.33. The molecule has 1 aliphatic carbocycles. The van der Waals surface area contributed by atoms with Gasteiger partial charge in [-0.1, -0.05) is 20.8 Å². The Hall–Kier alpha value is -0.770. The Morgan fingerprint density at radius 1 is 1.30 bits per heavy atom. The average Bonchev–Trinajstić information content (AvgIpc) is 2.77. The van der Waals surface area contributed by atoms with Gasteiger partial charge in [-0.15, -0.1) is 0 Å². The Balaban J connectivity index is 1.90. The number of aliphatic imine (C=N–C) groups is 1. The van der Waals surface area contributed by atoms with Crippen LogP contribution in [0.3, 0.4) is 0 Å². The molecule has 4 nitrogen and oxygen atoms in total. The van der Waals surface area contributed by atoms with E-state index < -0.39 is 0 Å². The van der Waals surface area contributed by atoms with E-state index in [1.54, 1.807) is 0 Å². The van der Waals surface area contributed by atoms with Crippen molar-refractivity contribution in [3.05, 3.63) is 0 Å². The van der Waals surface area contributed by atoms with Crippen molar-refractivity contribution in [1.29, 1.82) is 0 Å². The van der Waals surface area contributed by atoms with Crippen LogP contribution in [-0.4, -0.2) is 48.6 Å². The molecule has 0 aromatic rings. The summed E-state index contributed by atoms with van der Waals surface area (Å²) in [6, 6.07) is 1.72. The molecule has 0 aromatic carbocycles. The Bertz CT molecular complexity index is 361. The third kappa shape index (κ3) is 3.66. The summed E-state index contributed by atoms with van der Waals surface area (Å²) in [5.74, 6) is 1.68. The van der Waals surface area contributed by atoms with Gasteiger partial charge in [-0.3, -0.25) is 9.89 Å². The van der Waals surface area contributed by atoms with Crippen molar-refractivity contribution < 1.29 is 0 Å². The van der Waals surface area contributed by atoms with Crippen LogP contribution in [-0.2, 0) is 0 Å². The zero-order chi connectivity index (χ0) is 14.9. The normalized spacial score (nSPS) is 33.5. The molecule has 0 amide bonds. The molecule has 116 valence electrons. The molecule has 20 heavy (non-hydrogen) atoms. The van der Waals surface area contributed by atoms with Gasteiger partial charge in [-0.05, 0) is 38.5 Å². The second kappa shape index (κ2) is 5.92. The predicted molar refractivity (Wildman–Crippen MR) is 86.1 cm³/mol. The predicted octanol–water partition coefficient (Wildman–Crippen LogP) is 2.07. The van der Waals surface area contributed by atoms with Crippen LogP contribution in [0, 0.1) is 11.3 Å². The highest BCUT2D eigenvalue weighted by atomic mass is 15.3. The average molecular weight is 280 g/mol. The van der Waals surface area contributed by atoms with E-state index in [1.165, 1.54) is 13.0 Å². The van der Waals surface area contributed by atoms with E-state index >= 15 is 0 Å². The molecule has 4 heteroatoms. The smallest absolute Gasteiger partial charge is 0.191 e. The van der Waals surface area contributed by atoms with E-state index in [0.717, 1.165) is 19.0 Å². The largest absolute Gasteiger partial charge is 0.353 e. The van der Waals surface area contributed by atoms with E-state index in [1.807, 2.05) is 0 Å². The van der Waals surface area contributed by atoms with E-state index in [0.29, 0.717) is 29.5 Å². The lowest BCUT2D eigenvalue weighted by atomic mass is 10.1. The van der Waals surface area contributed by atoms with Gasteiger partial charge >= 0.3 is 0 Å². The van der Waals surface area contributed by atoms with Crippen LogP contribution < -0.4 is 10.6 Å². The van der Waals surface area contributed by atoms with Gasteiger partial charge in [0.2, 0.25) is 0 Å². The first-order valence-electron chi connectivity index (χ1n) is 8.15. The van der Waals surface area contributed by atoms with Gasteiger partial charge in [-0.2, -0.15) is 0 Å². The van der Waals surface area contributed by atoms with Gasteiger partial charge in [0.1, 0.15) is 0 Å². The van der Waals surface area contributed by atoms with E-state index in [4.69, 9.17) is 0 Å². The van der Waals surface area contributed by atoms with Gasteiger partial charge in [0.25, 0.3) is 0 Å². The summed E-state index contributed by atoms with van der Waals surface area (Å²) < 4.78 is 0. The molecular formula is C16H32N4. The number of likely N-dealkylation sites (tertiary alicyclic amines) is 1. The molecule has 0 radical (unpaired) electrons. The minimum Gasteiger partial charge on any atom is -0.353 e. The molecule has 0 spiro atoms. The summed E-state index contributed by atoms with van der Waals surface area (Å²) in [4.78, 5) is 7.16. The van der Waals surface area contributed by atoms with E-state index in [2.05, 4.69) is 62.1 Å². The van der Waals surface area contributed by atoms with Gasteiger partial charge < -0.3 is 10.6 Å². The number of rotatable bonds is 4. The molecule has 3 unspecified atom stereocenters. The highest BCUT2D eigenvalue weighted by molar-refractivity contribution is 5.81. The lowest BCUT2D eigenvalue weighted by Gasteiger charge is -2.22. The van der Waals surface area contributed by atoms with Crippen molar-refractivity contribution >= 4 is 5.96 Å². The third-order valence-electron chi connectivity index (χ3n) is 4.83. The summed E-state index contributed by atoms with van der Waals surface area (Å²) in [5, 5.41) is 7.25. The molecule has 2 aliphatic rings. The number of hydrogen-bond donors (Lipinski definition) is 2. The highest BCUT2D eigenvalue weighted by Crippen LogP contribution is 2.44. The van der Waals surface area contributed by atoms with Crippen molar-refractivity contribution in [2.45, 2.75) is 66.1 Å². The first kappa shape index (κ1) is 15.6. The third-order valence-corrected chi connectivity index (χ3v) is 4.83. The number of nitrogens with zero attached hydrogens (tertiary/aromatic N) is 2. The number of nitrogens with one attached hydrogen (secondary N) is 2. The van der Waals surface area contributed by atoms with Crippen LogP contribution in [0.4, 0.5) is 0 Å². The molecule has 2 N–H and O–H groups in total. The quantitative estimate of drug-likeness (QED) is 0.612. The molecule has 1 saturated heterocycles. The summed E-state index contributed by atoms with van der Waals surface area (Å²) >= 11 is 0. The topological polar surface area (TPSA) is 39.7 Å². The van der Waals surface area contributed by atoms with Crippen molar-refractivity contribution in [3.63, 3.8) is 0 Å². The Morgan fingerprint density at radius 3 is 2.40 bits per heavy atom. The summed E-state index contributed by atoms with van der Waals surface area (Å²) in [6.07, 6.45) is 1.25. The zero-order valence-corrected chi connectivity index (χ0v) is 14.0. The van der Waals surface area contributed by atoms with Crippen molar-refractivity contribution in [2.24, 2.45) is 16.3 Å². The van der Waals surface area contributed by atoms with Crippen LogP contribution in [0.5, 0.6) is 0 Å². The minimum atomic E-state index is 0.432. The zero-order valence-electron chi connectivity index (χ0n) is 14.0. The van der Waals surface area contributed by atoms with Crippen LogP contribution in [0.15, 0.2) is 4.99 Å². The highest BCUT2D eigenvalue weighted by Gasteiger charge is 2.46. The van der Waals surface area contributed by atoms with Crippen molar-refractivity contribution in [1.82, 2.24) is 15.5 Å². The molecular weight excluding hydrogens is 248 g/mol. The minimum absolute atomic E-state index is 0.432. The molecule has 2 fully saturated rings. The molecule has 0 bridgehead atoms. The maximum absolute atomic E-state index is 4.61. The number of hydrogen-bond acceptors (Lipinski definition) is 2. The maximum Gasteiger partial charge on any atom is 0.191 e. The van der Waals surface area contributed by atoms with Gasteiger partial charge in [0, 0.05) is 37.8 Å². The first-order valence-corrected chi connectivity index (χ1v) is 8.15. The standard InChI is InChI=1S/C16H32N4/c1-7-17-15(19-14-8-16(14,5)6)18-13-10-20(11(2)3)9-12(13)4/h11-14H,7-10H2,1-6H3,(H2,17,18,19). The summed E-state index contributed by atoms with van der Waals surface area (Å²) in [6.45, 7) is 16.8. The Morgan fingerprint density at radius 2 is 1.95 bits per heavy atom. The molecule has 3 atom stereocenters. The molecule has 1 saturated carbocycles. The van der Waals surface area contributed by atoms with Crippen LogP contribution in [0.1, 0.15) is 48.0 Å². The monoisotopic (exact) mass is 280 g/mol. The fraction of sp³-hybridized carbons (Fsp3) is 0.938. The second-order valence-electron chi connectivity index (χ2n) is 7.49. The lowest BCUT2D eigenvalue weighted by Crippen LogP contribution is -2.48. The number of guanidine groups is 1. The van der Waals surface area contributed by atoms with Crippen molar-refractivity contribution in [2.75, 3.05) is 19.6 Å². The van der Waals surface area contributed by atoms with Crippen LogP contribution >= 0.6 is 0 Å². The molecule has 0 aromatic heterocycles. The summed E-state index contributed by atoms with van der Waals surface area (Å²) in [5.41, 5.74) is 0.432. The molecule has 1 aliphatic heterocycles. The fourth-order valence-electron chi connectivity index (χ4n) is 2.96.